The van der Waals surface area contributed by atoms with E-state index in [0.29, 0.717) is 6.61 Å². The van der Waals surface area contributed by atoms with Gasteiger partial charge in [-0.25, -0.2) is 4.98 Å². The second kappa shape index (κ2) is 6.48. The highest BCUT2D eigenvalue weighted by molar-refractivity contribution is 5.49. The molecule has 1 saturated heterocycles. The van der Waals surface area contributed by atoms with Crippen molar-refractivity contribution in [2.75, 3.05) is 31.7 Å². The van der Waals surface area contributed by atoms with Crippen LogP contribution >= 0.6 is 0 Å². The minimum absolute atomic E-state index is 0.127. The van der Waals surface area contributed by atoms with Gasteiger partial charge in [0, 0.05) is 38.0 Å². The molecule has 4 nitrogen and oxygen atoms in total. The minimum atomic E-state index is -4.39. The Hall–Kier alpha value is -2.15. The molecule has 3 heterocycles. The van der Waals surface area contributed by atoms with Crippen LogP contribution in [0.4, 0.5) is 18.9 Å². The standard InChI is InChI=1S/C20H22F3N3O/c1-27-14-18(7-15-3-2-6-24-8-15)10-19(11-18)12-26(13-19)16-4-5-17(25-9-16)20(21,22)23/h2-6,8-9H,7,10-14H2,1H3. The SMILES string of the molecule is COCC1(Cc2cccnc2)CC2(CN(c3ccc(C(F)(F)F)nc3)C2)C1. The Morgan fingerprint density at radius 3 is 2.48 bits per heavy atom. The summed E-state index contributed by atoms with van der Waals surface area (Å²) in [6.07, 6.45) is 3.68. The van der Waals surface area contributed by atoms with Gasteiger partial charge < -0.3 is 9.64 Å². The second-order valence-corrected chi connectivity index (χ2v) is 8.08. The molecule has 0 unspecified atom stereocenters. The molecule has 0 atom stereocenters. The van der Waals surface area contributed by atoms with E-state index < -0.39 is 11.9 Å². The maximum Gasteiger partial charge on any atom is 0.433 e. The smallest absolute Gasteiger partial charge is 0.384 e. The van der Waals surface area contributed by atoms with Crippen molar-refractivity contribution >= 4 is 5.69 Å². The molecule has 0 amide bonds. The van der Waals surface area contributed by atoms with Crippen LogP contribution in [-0.4, -0.2) is 36.8 Å². The predicted octanol–water partition coefficient (Wildman–Crippen LogP) is 3.97. The molecular formula is C20H22F3N3O. The first-order valence-corrected chi connectivity index (χ1v) is 8.99. The van der Waals surface area contributed by atoms with Crippen molar-refractivity contribution < 1.29 is 17.9 Å². The first-order valence-electron chi connectivity index (χ1n) is 8.99. The maximum atomic E-state index is 12.6. The Kier molecular flexibility index (Phi) is 4.37. The van der Waals surface area contributed by atoms with Gasteiger partial charge in [0.1, 0.15) is 5.69 Å². The Labute approximate surface area is 156 Å². The molecular weight excluding hydrogens is 355 g/mol. The van der Waals surface area contributed by atoms with E-state index >= 15 is 0 Å². The number of methoxy groups -OCH3 is 1. The zero-order chi connectivity index (χ0) is 19.1. The number of halogens is 3. The van der Waals surface area contributed by atoms with E-state index in [0.717, 1.165) is 44.1 Å². The summed E-state index contributed by atoms with van der Waals surface area (Å²) in [7, 11) is 1.73. The molecule has 2 fully saturated rings. The third kappa shape index (κ3) is 3.52. The van der Waals surface area contributed by atoms with Gasteiger partial charge in [0.15, 0.2) is 0 Å². The normalized spacial score (nSPS) is 20.2. The predicted molar refractivity (Wildman–Crippen MR) is 95.4 cm³/mol. The fraction of sp³-hybridized carbons (Fsp3) is 0.500. The molecule has 0 radical (unpaired) electrons. The van der Waals surface area contributed by atoms with Crippen LogP contribution in [-0.2, 0) is 17.3 Å². The number of ether oxygens (including phenoxy) is 1. The molecule has 2 aliphatic rings. The van der Waals surface area contributed by atoms with Crippen LogP contribution in [0.2, 0.25) is 0 Å². The number of pyridine rings is 2. The zero-order valence-electron chi connectivity index (χ0n) is 15.2. The van der Waals surface area contributed by atoms with Gasteiger partial charge in [-0.15, -0.1) is 0 Å². The quantitative estimate of drug-likeness (QED) is 0.790. The number of rotatable bonds is 5. The minimum Gasteiger partial charge on any atom is -0.384 e. The number of aromatic nitrogens is 2. The van der Waals surface area contributed by atoms with Crippen LogP contribution < -0.4 is 4.90 Å². The molecule has 27 heavy (non-hydrogen) atoms. The maximum absolute atomic E-state index is 12.6. The van der Waals surface area contributed by atoms with Gasteiger partial charge in [-0.1, -0.05) is 6.07 Å². The molecule has 0 bridgehead atoms. The molecule has 1 saturated carbocycles. The van der Waals surface area contributed by atoms with Gasteiger partial charge >= 0.3 is 6.18 Å². The molecule has 2 aromatic rings. The van der Waals surface area contributed by atoms with Gasteiger partial charge in [0.05, 0.1) is 18.5 Å². The summed E-state index contributed by atoms with van der Waals surface area (Å²) < 4.78 is 43.4. The average Bonchev–Trinajstić information content (AvgIpc) is 2.57. The van der Waals surface area contributed by atoms with E-state index in [1.807, 2.05) is 12.3 Å². The Morgan fingerprint density at radius 1 is 1.15 bits per heavy atom. The molecule has 1 spiro atoms. The van der Waals surface area contributed by atoms with Crippen LogP contribution in [0.15, 0.2) is 42.9 Å². The van der Waals surface area contributed by atoms with Crippen LogP contribution in [0, 0.1) is 10.8 Å². The number of alkyl halides is 3. The lowest BCUT2D eigenvalue weighted by atomic mass is 9.48. The van der Waals surface area contributed by atoms with Crippen LogP contribution in [0.3, 0.4) is 0 Å². The van der Waals surface area contributed by atoms with Crippen LogP contribution in [0.1, 0.15) is 24.1 Å². The molecule has 144 valence electrons. The van der Waals surface area contributed by atoms with Crippen LogP contribution in [0.25, 0.3) is 0 Å². The van der Waals surface area contributed by atoms with E-state index in [9.17, 15) is 13.2 Å². The van der Waals surface area contributed by atoms with Crippen molar-refractivity contribution in [2.24, 2.45) is 10.8 Å². The molecule has 1 aliphatic heterocycles. The topological polar surface area (TPSA) is 38.2 Å². The van der Waals surface area contributed by atoms with Gasteiger partial charge in [-0.3, -0.25) is 4.98 Å². The summed E-state index contributed by atoms with van der Waals surface area (Å²) in [6, 6.07) is 6.61. The molecule has 1 aliphatic carbocycles. The van der Waals surface area contributed by atoms with Crippen molar-refractivity contribution in [3.63, 3.8) is 0 Å². The highest BCUT2D eigenvalue weighted by Gasteiger charge is 2.59. The van der Waals surface area contributed by atoms with E-state index in [-0.39, 0.29) is 10.8 Å². The van der Waals surface area contributed by atoms with Crippen molar-refractivity contribution in [2.45, 2.75) is 25.4 Å². The molecule has 2 aromatic heterocycles. The van der Waals surface area contributed by atoms with Crippen molar-refractivity contribution in [1.82, 2.24) is 9.97 Å². The van der Waals surface area contributed by atoms with Crippen molar-refractivity contribution in [1.29, 1.82) is 0 Å². The Morgan fingerprint density at radius 2 is 1.93 bits per heavy atom. The number of hydrogen-bond acceptors (Lipinski definition) is 4. The van der Waals surface area contributed by atoms with Crippen molar-refractivity contribution in [3.05, 3.63) is 54.1 Å². The highest BCUT2D eigenvalue weighted by Crippen LogP contribution is 2.60. The zero-order valence-corrected chi connectivity index (χ0v) is 15.2. The van der Waals surface area contributed by atoms with E-state index in [2.05, 4.69) is 20.9 Å². The summed E-state index contributed by atoms with van der Waals surface area (Å²) in [6.45, 7) is 2.43. The molecule has 7 heteroatoms. The lowest BCUT2D eigenvalue weighted by Gasteiger charge is -2.65. The first kappa shape index (κ1) is 18.2. The Bertz CT molecular complexity index is 778. The average molecular weight is 377 g/mol. The van der Waals surface area contributed by atoms with Crippen LogP contribution in [0.5, 0.6) is 0 Å². The third-order valence-corrected chi connectivity index (χ3v) is 5.71. The summed E-state index contributed by atoms with van der Waals surface area (Å²) >= 11 is 0. The summed E-state index contributed by atoms with van der Waals surface area (Å²) in [5, 5.41) is 0. The fourth-order valence-corrected chi connectivity index (χ4v) is 4.97. The lowest BCUT2D eigenvalue weighted by Crippen LogP contribution is -2.67. The summed E-state index contributed by atoms with van der Waals surface area (Å²) in [4.78, 5) is 9.87. The molecule has 0 aromatic carbocycles. The number of hydrogen-bond donors (Lipinski definition) is 0. The second-order valence-electron chi connectivity index (χ2n) is 8.08. The lowest BCUT2D eigenvalue weighted by molar-refractivity contribution is -0.141. The van der Waals surface area contributed by atoms with E-state index in [1.54, 1.807) is 13.3 Å². The summed E-state index contributed by atoms with van der Waals surface area (Å²) in [5.74, 6) is 0. The van der Waals surface area contributed by atoms with Gasteiger partial charge in [-0.2, -0.15) is 13.2 Å². The summed E-state index contributed by atoms with van der Waals surface area (Å²) in [5.41, 5.74) is 1.49. The van der Waals surface area contributed by atoms with Gasteiger partial charge in [0.2, 0.25) is 0 Å². The van der Waals surface area contributed by atoms with Crippen molar-refractivity contribution in [3.8, 4) is 0 Å². The van der Waals surface area contributed by atoms with Gasteiger partial charge in [-0.05, 0) is 48.4 Å². The monoisotopic (exact) mass is 377 g/mol. The van der Waals surface area contributed by atoms with E-state index in [4.69, 9.17) is 4.74 Å². The molecule has 0 N–H and O–H groups in total. The van der Waals surface area contributed by atoms with E-state index in [1.165, 1.54) is 17.8 Å². The fourth-order valence-electron chi connectivity index (χ4n) is 4.97. The molecule has 4 rings (SSSR count). The number of anilines is 1. The third-order valence-electron chi connectivity index (χ3n) is 5.71. The first-order chi connectivity index (χ1) is 12.8. The van der Waals surface area contributed by atoms with Gasteiger partial charge in [0.25, 0.3) is 0 Å². The number of nitrogens with zero attached hydrogens (tertiary/aromatic N) is 3. The largest absolute Gasteiger partial charge is 0.433 e. The Balaban J connectivity index is 1.38. The highest BCUT2D eigenvalue weighted by atomic mass is 19.4.